The molecule has 0 aromatic heterocycles. The third kappa shape index (κ3) is 5.20. The molecular weight excluding hydrogens is 268 g/mol. The van der Waals surface area contributed by atoms with Gasteiger partial charge in [0.05, 0.1) is 12.2 Å². The Balaban J connectivity index is 1.10. The van der Waals surface area contributed by atoms with Crippen molar-refractivity contribution in [2.75, 3.05) is 26.4 Å². The summed E-state index contributed by atoms with van der Waals surface area (Å²) in [5, 5.41) is 0. The van der Waals surface area contributed by atoms with Gasteiger partial charge in [-0.2, -0.15) is 0 Å². The summed E-state index contributed by atoms with van der Waals surface area (Å²) in [7, 11) is 0. The quantitative estimate of drug-likeness (QED) is 0.612. The zero-order valence-corrected chi connectivity index (χ0v) is 13.1. The fourth-order valence-electron chi connectivity index (χ4n) is 3.62. The van der Waals surface area contributed by atoms with Crippen molar-refractivity contribution in [3.63, 3.8) is 0 Å². The van der Waals surface area contributed by atoms with E-state index in [0.717, 1.165) is 51.6 Å². The Labute approximate surface area is 128 Å². The number of ether oxygens (including phenoxy) is 4. The van der Waals surface area contributed by atoms with Crippen molar-refractivity contribution in [3.05, 3.63) is 0 Å². The van der Waals surface area contributed by atoms with Crippen molar-refractivity contribution < 1.29 is 18.9 Å². The fraction of sp³-hybridized carbons (Fsp3) is 1.00. The summed E-state index contributed by atoms with van der Waals surface area (Å²) in [6.07, 6.45) is 11.8. The Morgan fingerprint density at radius 1 is 0.905 bits per heavy atom. The minimum Gasteiger partial charge on any atom is -0.381 e. The monoisotopic (exact) mass is 298 g/mol. The topological polar surface area (TPSA) is 36.9 Å². The maximum atomic E-state index is 5.82. The third-order valence-corrected chi connectivity index (χ3v) is 4.83. The summed E-state index contributed by atoms with van der Waals surface area (Å²) in [6, 6.07) is 0. The van der Waals surface area contributed by atoms with Crippen molar-refractivity contribution >= 4 is 0 Å². The van der Waals surface area contributed by atoms with Gasteiger partial charge in [0, 0.05) is 26.4 Å². The number of fused-ring (bicyclic) bond motifs is 2. The Morgan fingerprint density at radius 3 is 2.48 bits per heavy atom. The van der Waals surface area contributed by atoms with Crippen LogP contribution in [0.2, 0.25) is 0 Å². The van der Waals surface area contributed by atoms with Crippen molar-refractivity contribution in [3.8, 4) is 0 Å². The van der Waals surface area contributed by atoms with Crippen LogP contribution < -0.4 is 0 Å². The van der Waals surface area contributed by atoms with Gasteiger partial charge in [0.2, 0.25) is 0 Å². The second kappa shape index (κ2) is 8.47. The lowest BCUT2D eigenvalue weighted by atomic mass is 9.81. The zero-order chi connectivity index (χ0) is 14.3. The largest absolute Gasteiger partial charge is 0.381 e. The lowest BCUT2D eigenvalue weighted by molar-refractivity contribution is -0.179. The van der Waals surface area contributed by atoms with Crippen LogP contribution in [0.3, 0.4) is 0 Å². The molecule has 122 valence electrons. The minimum absolute atomic E-state index is 0.0648. The SMILES string of the molecule is C(CCOCC1CC2CC(C1)O2)CCOC1CCCCO1. The standard InChI is InChI=1S/C17H30O4/c1(4-8-19-17-6-2-5-9-20-17)3-7-18-13-14-10-15-12-16(11-14)21-15/h14-17H,1-13H2. The first-order chi connectivity index (χ1) is 10.4. The predicted octanol–water partition coefficient (Wildman–Crippen LogP) is 3.28. The van der Waals surface area contributed by atoms with Crippen LogP contribution >= 0.6 is 0 Å². The first kappa shape index (κ1) is 15.7. The van der Waals surface area contributed by atoms with Crippen LogP contribution in [0.15, 0.2) is 0 Å². The van der Waals surface area contributed by atoms with Crippen LogP contribution in [-0.2, 0) is 18.9 Å². The smallest absolute Gasteiger partial charge is 0.157 e. The van der Waals surface area contributed by atoms with Gasteiger partial charge in [-0.1, -0.05) is 0 Å². The van der Waals surface area contributed by atoms with E-state index in [1.165, 1.54) is 38.5 Å². The molecule has 0 spiro atoms. The Bertz CT molecular complexity index is 275. The van der Waals surface area contributed by atoms with E-state index in [9.17, 15) is 0 Å². The van der Waals surface area contributed by atoms with E-state index in [0.29, 0.717) is 12.2 Å². The lowest BCUT2D eigenvalue weighted by Gasteiger charge is -2.45. The molecule has 0 N–H and O–H groups in total. The van der Waals surface area contributed by atoms with Crippen LogP contribution in [0.4, 0.5) is 0 Å². The molecule has 4 nitrogen and oxygen atoms in total. The molecule has 21 heavy (non-hydrogen) atoms. The van der Waals surface area contributed by atoms with E-state index >= 15 is 0 Å². The molecule has 3 aliphatic heterocycles. The second-order valence-corrected chi connectivity index (χ2v) is 6.76. The average molecular weight is 298 g/mol. The molecular formula is C17H30O4. The minimum atomic E-state index is 0.0648. The summed E-state index contributed by atoms with van der Waals surface area (Å²) in [6.45, 7) is 3.52. The van der Waals surface area contributed by atoms with E-state index in [-0.39, 0.29) is 6.29 Å². The summed E-state index contributed by atoms with van der Waals surface area (Å²) < 4.78 is 22.7. The summed E-state index contributed by atoms with van der Waals surface area (Å²) >= 11 is 0. The summed E-state index contributed by atoms with van der Waals surface area (Å²) in [5.41, 5.74) is 0. The zero-order valence-electron chi connectivity index (χ0n) is 13.1. The molecule has 0 aromatic carbocycles. The molecule has 4 aliphatic rings. The van der Waals surface area contributed by atoms with E-state index in [1.807, 2.05) is 0 Å². The number of rotatable bonds is 9. The molecule has 3 unspecified atom stereocenters. The maximum absolute atomic E-state index is 5.82. The van der Waals surface area contributed by atoms with Gasteiger partial charge in [0.15, 0.2) is 6.29 Å². The third-order valence-electron chi connectivity index (χ3n) is 4.83. The number of unbranched alkanes of at least 4 members (excludes halogenated alkanes) is 2. The van der Waals surface area contributed by atoms with Gasteiger partial charge in [0.1, 0.15) is 0 Å². The van der Waals surface area contributed by atoms with E-state index in [2.05, 4.69) is 0 Å². The molecule has 1 aliphatic carbocycles. The van der Waals surface area contributed by atoms with E-state index in [1.54, 1.807) is 0 Å². The molecule has 4 heteroatoms. The second-order valence-electron chi connectivity index (χ2n) is 6.76. The highest BCUT2D eigenvalue weighted by atomic mass is 16.7. The fourth-order valence-corrected chi connectivity index (χ4v) is 3.62. The van der Waals surface area contributed by atoms with Crippen molar-refractivity contribution in [2.24, 2.45) is 5.92 Å². The van der Waals surface area contributed by atoms with Gasteiger partial charge < -0.3 is 18.9 Å². The molecule has 0 radical (unpaired) electrons. The summed E-state index contributed by atoms with van der Waals surface area (Å²) in [4.78, 5) is 0. The van der Waals surface area contributed by atoms with Crippen LogP contribution in [0.25, 0.3) is 0 Å². The Kier molecular flexibility index (Phi) is 6.34. The molecule has 2 bridgehead atoms. The predicted molar refractivity (Wildman–Crippen MR) is 80.2 cm³/mol. The summed E-state index contributed by atoms with van der Waals surface area (Å²) in [5.74, 6) is 0.745. The normalized spacial score (nSPS) is 35.4. The molecule has 3 atom stereocenters. The highest BCUT2D eigenvalue weighted by Gasteiger charge is 2.39. The van der Waals surface area contributed by atoms with Gasteiger partial charge in [-0.3, -0.25) is 0 Å². The molecule has 4 rings (SSSR count). The van der Waals surface area contributed by atoms with E-state index < -0.39 is 0 Å². The van der Waals surface area contributed by atoms with Gasteiger partial charge in [0.25, 0.3) is 0 Å². The van der Waals surface area contributed by atoms with Gasteiger partial charge in [-0.25, -0.2) is 0 Å². The average Bonchev–Trinajstić information content (AvgIpc) is 2.50. The molecule has 1 saturated carbocycles. The van der Waals surface area contributed by atoms with Crippen LogP contribution in [0.5, 0.6) is 0 Å². The highest BCUT2D eigenvalue weighted by Crippen LogP contribution is 2.38. The number of hydrogen-bond donors (Lipinski definition) is 0. The molecule has 0 aromatic rings. The first-order valence-corrected chi connectivity index (χ1v) is 8.86. The van der Waals surface area contributed by atoms with Crippen molar-refractivity contribution in [1.82, 2.24) is 0 Å². The molecule has 0 amide bonds. The molecule has 3 heterocycles. The van der Waals surface area contributed by atoms with Gasteiger partial charge >= 0.3 is 0 Å². The Morgan fingerprint density at radius 2 is 1.71 bits per heavy atom. The van der Waals surface area contributed by atoms with Crippen molar-refractivity contribution in [2.45, 2.75) is 76.3 Å². The van der Waals surface area contributed by atoms with Crippen molar-refractivity contribution in [1.29, 1.82) is 0 Å². The number of hydrogen-bond acceptors (Lipinski definition) is 4. The first-order valence-electron chi connectivity index (χ1n) is 8.86. The van der Waals surface area contributed by atoms with E-state index in [4.69, 9.17) is 18.9 Å². The molecule has 4 fully saturated rings. The van der Waals surface area contributed by atoms with Crippen LogP contribution in [-0.4, -0.2) is 44.9 Å². The highest BCUT2D eigenvalue weighted by molar-refractivity contribution is 4.88. The van der Waals surface area contributed by atoms with Gasteiger partial charge in [-0.15, -0.1) is 0 Å². The van der Waals surface area contributed by atoms with Crippen LogP contribution in [0.1, 0.15) is 57.8 Å². The molecule has 3 saturated heterocycles. The lowest BCUT2D eigenvalue weighted by Crippen LogP contribution is -2.46. The maximum Gasteiger partial charge on any atom is 0.157 e. The van der Waals surface area contributed by atoms with Gasteiger partial charge in [-0.05, 0) is 63.7 Å². The van der Waals surface area contributed by atoms with Crippen LogP contribution in [0, 0.1) is 5.92 Å². The Hall–Kier alpha value is -0.160.